The number of aryl methyl sites for hydroxylation is 1. The fourth-order valence-electron chi connectivity index (χ4n) is 3.80. The number of aliphatic imine (C=N–C) groups is 1. The monoisotopic (exact) mass is 426 g/mol. The summed E-state index contributed by atoms with van der Waals surface area (Å²) >= 11 is 0. The second-order valence-corrected chi connectivity index (χ2v) is 7.94. The first-order valence-electron chi connectivity index (χ1n) is 11.3. The molecular weight excluding hydrogens is 392 g/mol. The van der Waals surface area contributed by atoms with E-state index in [2.05, 4.69) is 51.7 Å². The average Bonchev–Trinajstić information content (AvgIpc) is 3.26. The largest absolute Gasteiger partial charge is 0.359 e. The molecular formula is C23H34N6O2. The fourth-order valence-corrected chi connectivity index (χ4v) is 3.80. The van der Waals surface area contributed by atoms with Gasteiger partial charge in [0, 0.05) is 45.1 Å². The van der Waals surface area contributed by atoms with E-state index in [9.17, 15) is 4.79 Å². The first-order valence-corrected chi connectivity index (χ1v) is 11.3. The van der Waals surface area contributed by atoms with Gasteiger partial charge in [-0.2, -0.15) is 4.98 Å². The zero-order valence-corrected chi connectivity index (χ0v) is 18.9. The summed E-state index contributed by atoms with van der Waals surface area (Å²) in [5.41, 5.74) is 2.01. The Hall–Kier alpha value is -2.90. The maximum absolute atomic E-state index is 11.6. The lowest BCUT2D eigenvalue weighted by Gasteiger charge is -2.34. The van der Waals surface area contributed by atoms with Crippen molar-refractivity contribution in [3.63, 3.8) is 0 Å². The van der Waals surface area contributed by atoms with Crippen LogP contribution in [0, 0.1) is 5.92 Å². The second-order valence-electron chi connectivity index (χ2n) is 7.94. The predicted molar refractivity (Wildman–Crippen MR) is 122 cm³/mol. The van der Waals surface area contributed by atoms with Gasteiger partial charge in [0.05, 0.1) is 6.54 Å². The number of carbonyl (C=O) groups excluding carboxylic acids is 1. The maximum Gasteiger partial charge on any atom is 0.257 e. The molecule has 1 amide bonds. The Bertz CT molecular complexity index is 870. The summed E-state index contributed by atoms with van der Waals surface area (Å²) < 4.78 is 5.42. The Morgan fingerprint density at radius 3 is 2.81 bits per heavy atom. The molecule has 1 aromatic heterocycles. The van der Waals surface area contributed by atoms with Gasteiger partial charge in [-0.3, -0.25) is 4.79 Å². The molecule has 0 saturated carbocycles. The first-order chi connectivity index (χ1) is 15.1. The molecule has 1 aromatic carbocycles. The number of nitrogens with one attached hydrogen (secondary N) is 2. The molecule has 0 bridgehead atoms. The molecule has 31 heavy (non-hydrogen) atoms. The highest BCUT2D eigenvalue weighted by Gasteiger charge is 2.23. The first kappa shape index (κ1) is 22.8. The van der Waals surface area contributed by atoms with Crippen LogP contribution < -0.4 is 10.6 Å². The van der Waals surface area contributed by atoms with Gasteiger partial charge < -0.3 is 20.1 Å². The Balaban J connectivity index is 1.63. The Morgan fingerprint density at radius 1 is 1.29 bits per heavy atom. The van der Waals surface area contributed by atoms with Crippen molar-refractivity contribution in [1.82, 2.24) is 25.7 Å². The van der Waals surface area contributed by atoms with E-state index >= 15 is 0 Å². The van der Waals surface area contributed by atoms with Crippen molar-refractivity contribution < 1.29 is 9.32 Å². The summed E-state index contributed by atoms with van der Waals surface area (Å²) in [6.45, 7) is 7.40. The van der Waals surface area contributed by atoms with Crippen molar-refractivity contribution in [2.75, 3.05) is 26.7 Å². The van der Waals surface area contributed by atoms with Crippen LogP contribution in [0.1, 0.15) is 50.9 Å². The molecule has 0 radical (unpaired) electrons. The second kappa shape index (κ2) is 11.5. The molecule has 8 heteroatoms. The van der Waals surface area contributed by atoms with Gasteiger partial charge in [-0.25, -0.2) is 4.99 Å². The van der Waals surface area contributed by atoms with Crippen molar-refractivity contribution in [2.24, 2.45) is 10.9 Å². The summed E-state index contributed by atoms with van der Waals surface area (Å²) in [6, 6.07) is 8.11. The van der Waals surface area contributed by atoms with Gasteiger partial charge in [-0.1, -0.05) is 24.2 Å². The molecule has 1 fully saturated rings. The van der Waals surface area contributed by atoms with E-state index in [0.717, 1.165) is 68.2 Å². The van der Waals surface area contributed by atoms with Gasteiger partial charge in [0.15, 0.2) is 11.8 Å². The smallest absolute Gasteiger partial charge is 0.257 e. The molecule has 2 heterocycles. The lowest BCUT2D eigenvalue weighted by atomic mass is 9.93. The quantitative estimate of drug-likeness (QED) is 0.498. The Labute approximate surface area is 184 Å². The van der Waals surface area contributed by atoms with Gasteiger partial charge >= 0.3 is 0 Å². The van der Waals surface area contributed by atoms with Crippen LogP contribution in [-0.4, -0.2) is 53.6 Å². The predicted octanol–water partition coefficient (Wildman–Crippen LogP) is 3.00. The molecule has 1 saturated heterocycles. The average molecular weight is 427 g/mol. The minimum absolute atomic E-state index is 0.127. The number of hydrogen-bond donors (Lipinski definition) is 2. The van der Waals surface area contributed by atoms with Crippen LogP contribution in [-0.2, 0) is 17.8 Å². The summed E-state index contributed by atoms with van der Waals surface area (Å²) in [5, 5.41) is 10.2. The number of guanidine groups is 1. The zero-order valence-electron chi connectivity index (χ0n) is 18.9. The summed E-state index contributed by atoms with van der Waals surface area (Å²) in [7, 11) is 1.70. The summed E-state index contributed by atoms with van der Waals surface area (Å²) in [5.74, 6) is 2.80. The van der Waals surface area contributed by atoms with Gasteiger partial charge in [0.1, 0.15) is 0 Å². The minimum Gasteiger partial charge on any atom is -0.359 e. The molecule has 0 aliphatic carbocycles. The van der Waals surface area contributed by atoms with E-state index < -0.39 is 0 Å². The summed E-state index contributed by atoms with van der Waals surface area (Å²) in [4.78, 5) is 23.3. The number of carbonyl (C=O) groups is 1. The fraction of sp³-hybridized carbons (Fsp3) is 0.565. The van der Waals surface area contributed by atoms with Gasteiger partial charge in [0.25, 0.3) is 5.89 Å². The highest BCUT2D eigenvalue weighted by molar-refractivity contribution is 5.80. The van der Waals surface area contributed by atoms with E-state index in [0.29, 0.717) is 24.8 Å². The highest BCUT2D eigenvalue weighted by Crippen LogP contribution is 2.22. The van der Waals surface area contributed by atoms with E-state index in [4.69, 9.17) is 9.52 Å². The molecule has 3 rings (SSSR count). The third-order valence-corrected chi connectivity index (χ3v) is 5.53. The van der Waals surface area contributed by atoms with Gasteiger partial charge in [-0.15, -0.1) is 0 Å². The molecule has 0 spiro atoms. The SMILES string of the molecule is CCCc1noc(-c2cccc(CN=C(NCC)N3CCC(CC(=O)NC)CC3)c2)n1. The number of amides is 1. The number of benzene rings is 1. The van der Waals surface area contributed by atoms with Crippen molar-refractivity contribution >= 4 is 11.9 Å². The number of likely N-dealkylation sites (tertiary alicyclic amines) is 1. The molecule has 2 N–H and O–H groups in total. The highest BCUT2D eigenvalue weighted by atomic mass is 16.5. The standard InChI is InChI=1S/C23H34N6O2/c1-4-7-20-27-22(31-28-20)19-9-6-8-18(14-19)16-26-23(25-5-2)29-12-10-17(11-13-29)15-21(30)24-3/h6,8-9,14,17H,4-5,7,10-13,15-16H2,1-3H3,(H,24,30)(H,25,26). The molecule has 168 valence electrons. The van der Waals surface area contributed by atoms with Crippen molar-refractivity contribution in [3.05, 3.63) is 35.7 Å². The third kappa shape index (κ3) is 6.54. The van der Waals surface area contributed by atoms with Crippen LogP contribution >= 0.6 is 0 Å². The summed E-state index contributed by atoms with van der Waals surface area (Å²) in [6.07, 6.45) is 4.43. The van der Waals surface area contributed by atoms with Crippen LogP contribution in [0.4, 0.5) is 0 Å². The van der Waals surface area contributed by atoms with Crippen LogP contribution in [0.15, 0.2) is 33.8 Å². The van der Waals surface area contributed by atoms with E-state index in [1.165, 1.54) is 0 Å². The van der Waals surface area contributed by atoms with E-state index in [1.807, 2.05) is 12.1 Å². The Morgan fingerprint density at radius 2 is 2.10 bits per heavy atom. The Kier molecular flexibility index (Phi) is 8.44. The molecule has 1 aliphatic heterocycles. The molecule has 0 atom stereocenters. The van der Waals surface area contributed by atoms with Crippen LogP contribution in [0.3, 0.4) is 0 Å². The number of nitrogens with zero attached hydrogens (tertiary/aromatic N) is 4. The molecule has 0 unspecified atom stereocenters. The normalized spacial score (nSPS) is 15.2. The number of rotatable bonds is 8. The maximum atomic E-state index is 11.6. The van der Waals surface area contributed by atoms with Crippen molar-refractivity contribution in [1.29, 1.82) is 0 Å². The molecule has 2 aromatic rings. The topological polar surface area (TPSA) is 95.7 Å². The minimum atomic E-state index is 0.127. The van der Waals surface area contributed by atoms with Gasteiger partial charge in [-0.05, 0) is 49.8 Å². The van der Waals surface area contributed by atoms with Gasteiger partial charge in [0.2, 0.25) is 5.91 Å². The molecule has 1 aliphatic rings. The van der Waals surface area contributed by atoms with Crippen molar-refractivity contribution in [3.8, 4) is 11.5 Å². The number of aromatic nitrogens is 2. The van der Waals surface area contributed by atoms with Crippen LogP contribution in [0.5, 0.6) is 0 Å². The number of piperidine rings is 1. The lowest BCUT2D eigenvalue weighted by Crippen LogP contribution is -2.46. The van der Waals surface area contributed by atoms with Crippen molar-refractivity contribution in [2.45, 2.75) is 52.5 Å². The van der Waals surface area contributed by atoms with Crippen LogP contribution in [0.25, 0.3) is 11.5 Å². The van der Waals surface area contributed by atoms with Crippen LogP contribution in [0.2, 0.25) is 0 Å². The third-order valence-electron chi connectivity index (χ3n) is 5.53. The molecule has 8 nitrogen and oxygen atoms in total. The van der Waals surface area contributed by atoms with E-state index in [-0.39, 0.29) is 5.91 Å². The van der Waals surface area contributed by atoms with E-state index in [1.54, 1.807) is 7.05 Å². The zero-order chi connectivity index (χ0) is 22.1. The number of hydrogen-bond acceptors (Lipinski definition) is 5. The lowest BCUT2D eigenvalue weighted by molar-refractivity contribution is -0.121.